The minimum atomic E-state index is -4.04. The van der Waals surface area contributed by atoms with E-state index in [0.29, 0.717) is 11.2 Å². The van der Waals surface area contributed by atoms with E-state index in [0.717, 1.165) is 14.2 Å². The number of esters is 1. The molecule has 1 unspecified atom stereocenters. The van der Waals surface area contributed by atoms with Crippen LogP contribution in [0.25, 0.3) is 11.2 Å². The molecule has 2 aromatic rings. The second-order valence-corrected chi connectivity index (χ2v) is 12.8. The number of carbonyl (C=O) groups excluding carboxylic acids is 1. The number of nitrogens with zero attached hydrogens (tertiary/aromatic N) is 4. The molecule has 0 radical (unpaired) electrons. The number of imidazole rings is 1. The van der Waals surface area contributed by atoms with E-state index >= 15 is 0 Å². The Morgan fingerprint density at radius 1 is 1.19 bits per heavy atom. The lowest BCUT2D eigenvalue weighted by Gasteiger charge is -2.29. The number of carbonyl (C=O) groups is 1. The molecule has 0 spiro atoms. The molecule has 2 fully saturated rings. The topological polar surface area (TPSA) is 142 Å². The molecule has 0 N–H and O–H groups in total. The first kappa shape index (κ1) is 28.6. The van der Waals surface area contributed by atoms with Gasteiger partial charge in [-0.15, -0.1) is 0 Å². The van der Waals surface area contributed by atoms with Crippen molar-refractivity contribution in [3.05, 3.63) is 16.8 Å². The number of hydrogen-bond acceptors (Lipinski definition) is 12. The Labute approximate surface area is 223 Å². The summed E-state index contributed by atoms with van der Waals surface area (Å²) in [5, 5.41) is 0.0230. The lowest BCUT2D eigenvalue weighted by molar-refractivity contribution is -0.204. The van der Waals surface area contributed by atoms with Crippen molar-refractivity contribution >= 4 is 47.9 Å². The highest BCUT2D eigenvalue weighted by Gasteiger charge is 2.57. The number of hydrogen-bond donors (Lipinski definition) is 0. The molecular weight excluding hydrogens is 554 g/mol. The first-order valence-electron chi connectivity index (χ1n) is 11.3. The van der Waals surface area contributed by atoms with Crippen LogP contribution < -0.4 is 0 Å². The van der Waals surface area contributed by atoms with Gasteiger partial charge in [-0.25, -0.2) is 14.8 Å². The number of fused-ring (bicyclic) bond motifs is 2. The van der Waals surface area contributed by atoms with Crippen molar-refractivity contribution < 1.29 is 42.1 Å². The van der Waals surface area contributed by atoms with Gasteiger partial charge in [0.25, 0.3) is 5.85 Å². The molecule has 2 aliphatic rings. The summed E-state index contributed by atoms with van der Waals surface area (Å²) < 4.78 is 54.5. The molecule has 0 saturated carbocycles. The molecule has 0 aliphatic carbocycles. The van der Waals surface area contributed by atoms with Crippen LogP contribution in [-0.4, -0.2) is 81.9 Å². The van der Waals surface area contributed by atoms with Gasteiger partial charge in [0.1, 0.15) is 29.4 Å². The molecule has 2 aliphatic heterocycles. The summed E-state index contributed by atoms with van der Waals surface area (Å²) in [7, 11) is -1.73. The smallest absolute Gasteiger partial charge is 0.370 e. The number of rotatable bonds is 8. The van der Waals surface area contributed by atoms with E-state index in [4.69, 9.17) is 55.9 Å². The monoisotopic (exact) mass is 582 g/mol. The number of halogens is 2. The maximum absolute atomic E-state index is 13.2. The highest BCUT2D eigenvalue weighted by atomic mass is 35.5. The Morgan fingerprint density at radius 2 is 1.84 bits per heavy atom. The van der Waals surface area contributed by atoms with Crippen LogP contribution in [0.1, 0.15) is 40.8 Å². The minimum absolute atomic E-state index is 0.0623. The standard InChI is InChI=1S/C21H29Cl2N4O9P/c1-20(2,3)36-17(28)18(37(29,30-6)31-7)32-8-10-12-13(35-21(4,5)34-12)16(33-10)27-9-24-11-14(22)25-19(23)26-15(11)27/h9-10,12-13,16,18H,8H2,1-7H3/t10-,12-,13-,16-,18?/m1/s1. The molecular formula is C21H29Cl2N4O9P. The van der Waals surface area contributed by atoms with Crippen molar-refractivity contribution in [2.24, 2.45) is 0 Å². The fourth-order valence-corrected chi connectivity index (χ4v) is 5.69. The maximum Gasteiger partial charge on any atom is 0.370 e. The quantitative estimate of drug-likeness (QED) is 0.193. The van der Waals surface area contributed by atoms with Crippen LogP contribution in [-0.2, 0) is 42.1 Å². The van der Waals surface area contributed by atoms with Crippen LogP contribution in [0.5, 0.6) is 0 Å². The molecule has 206 valence electrons. The first-order valence-corrected chi connectivity index (χ1v) is 13.7. The van der Waals surface area contributed by atoms with Gasteiger partial charge in [-0.2, -0.15) is 4.98 Å². The minimum Gasteiger partial charge on any atom is -0.458 e. The van der Waals surface area contributed by atoms with Gasteiger partial charge >= 0.3 is 13.6 Å². The van der Waals surface area contributed by atoms with E-state index in [1.54, 1.807) is 39.2 Å². The van der Waals surface area contributed by atoms with Gasteiger partial charge in [0, 0.05) is 14.2 Å². The fraction of sp³-hybridized carbons (Fsp3) is 0.714. The summed E-state index contributed by atoms with van der Waals surface area (Å²) in [6.45, 7) is 8.30. The van der Waals surface area contributed by atoms with Crippen molar-refractivity contribution in [1.29, 1.82) is 0 Å². The van der Waals surface area contributed by atoms with Crippen LogP contribution in [0, 0.1) is 0 Å². The molecule has 5 atom stereocenters. The zero-order valence-corrected chi connectivity index (χ0v) is 23.7. The van der Waals surface area contributed by atoms with E-state index in [1.165, 1.54) is 6.33 Å². The third-order valence-corrected chi connectivity index (χ3v) is 7.96. The van der Waals surface area contributed by atoms with Crippen LogP contribution in [0.15, 0.2) is 6.33 Å². The Bertz CT molecular complexity index is 1210. The van der Waals surface area contributed by atoms with Crippen molar-refractivity contribution in [2.45, 2.75) is 76.4 Å². The molecule has 0 bridgehead atoms. The lowest BCUT2D eigenvalue weighted by Crippen LogP contribution is -2.38. The van der Waals surface area contributed by atoms with Gasteiger partial charge in [-0.1, -0.05) is 11.6 Å². The molecule has 0 amide bonds. The van der Waals surface area contributed by atoms with Gasteiger partial charge in [0.15, 0.2) is 22.8 Å². The predicted molar refractivity (Wildman–Crippen MR) is 130 cm³/mol. The first-order chi connectivity index (χ1) is 17.2. The van der Waals surface area contributed by atoms with E-state index in [1.807, 2.05) is 0 Å². The average molecular weight is 583 g/mol. The Balaban J connectivity index is 1.62. The van der Waals surface area contributed by atoms with Crippen molar-refractivity contribution in [3.8, 4) is 0 Å². The maximum atomic E-state index is 13.2. The van der Waals surface area contributed by atoms with E-state index in [-0.39, 0.29) is 17.0 Å². The molecule has 2 saturated heterocycles. The summed E-state index contributed by atoms with van der Waals surface area (Å²) in [5.74, 6) is -3.52. The van der Waals surface area contributed by atoms with Crippen LogP contribution in [0.2, 0.25) is 10.4 Å². The summed E-state index contributed by atoms with van der Waals surface area (Å²) in [5.41, 5.74) is -0.210. The lowest BCUT2D eigenvalue weighted by atomic mass is 10.1. The molecule has 13 nitrogen and oxygen atoms in total. The third-order valence-electron chi connectivity index (χ3n) is 5.57. The molecule has 4 rings (SSSR count). The van der Waals surface area contributed by atoms with Gasteiger partial charge in [0.2, 0.25) is 5.28 Å². The third kappa shape index (κ3) is 5.80. The molecule has 4 heterocycles. The normalized spacial score (nSPS) is 26.4. The average Bonchev–Trinajstić information content (AvgIpc) is 3.43. The number of ether oxygens (including phenoxy) is 5. The van der Waals surface area contributed by atoms with Crippen molar-refractivity contribution in [1.82, 2.24) is 19.5 Å². The predicted octanol–water partition coefficient (Wildman–Crippen LogP) is 3.72. The summed E-state index contributed by atoms with van der Waals surface area (Å²) in [4.78, 5) is 25.3. The van der Waals surface area contributed by atoms with Crippen molar-refractivity contribution in [3.63, 3.8) is 0 Å². The summed E-state index contributed by atoms with van der Waals surface area (Å²) in [6, 6.07) is 0. The van der Waals surface area contributed by atoms with Crippen LogP contribution in [0.4, 0.5) is 0 Å². The largest absolute Gasteiger partial charge is 0.458 e. The second kappa shape index (κ2) is 10.3. The summed E-state index contributed by atoms with van der Waals surface area (Å²) in [6.07, 6.45) is -1.31. The van der Waals surface area contributed by atoms with Gasteiger partial charge in [-0.05, 0) is 46.2 Å². The van der Waals surface area contributed by atoms with E-state index in [9.17, 15) is 9.36 Å². The molecule has 16 heteroatoms. The van der Waals surface area contributed by atoms with Gasteiger partial charge in [-0.3, -0.25) is 9.13 Å². The highest BCUT2D eigenvalue weighted by Crippen LogP contribution is 2.53. The zero-order chi connectivity index (χ0) is 27.3. The van der Waals surface area contributed by atoms with E-state index < -0.39 is 55.3 Å². The fourth-order valence-electron chi connectivity index (χ4n) is 4.15. The van der Waals surface area contributed by atoms with Gasteiger partial charge in [0.05, 0.1) is 12.9 Å². The van der Waals surface area contributed by atoms with Crippen molar-refractivity contribution in [2.75, 3.05) is 20.8 Å². The van der Waals surface area contributed by atoms with Crippen LogP contribution >= 0.6 is 30.8 Å². The SMILES string of the molecule is COP(=O)(OC)C(OC[C@H]1O[C@@H](n2cnc3c(Cl)nc(Cl)nc32)[C@@H]2OC(C)(C)O[C@@H]21)C(=O)OC(C)(C)C. The zero-order valence-electron chi connectivity index (χ0n) is 21.3. The number of aromatic nitrogens is 4. The second-order valence-electron chi connectivity index (χ2n) is 9.86. The Kier molecular flexibility index (Phi) is 7.95. The molecule has 2 aromatic heterocycles. The van der Waals surface area contributed by atoms with E-state index in [2.05, 4.69) is 15.0 Å². The van der Waals surface area contributed by atoms with Gasteiger partial charge < -0.3 is 32.7 Å². The Hall–Kier alpha value is -1.41. The summed E-state index contributed by atoms with van der Waals surface area (Å²) >= 11 is 12.2. The van der Waals surface area contributed by atoms with Crippen LogP contribution in [0.3, 0.4) is 0 Å². The molecule has 0 aromatic carbocycles. The molecule has 37 heavy (non-hydrogen) atoms. The Morgan fingerprint density at radius 3 is 2.46 bits per heavy atom. The highest BCUT2D eigenvalue weighted by molar-refractivity contribution is 7.55.